The number of methoxy groups -OCH3 is 1. The molecular formula is C27H26ClF2N3O4. The highest BCUT2D eigenvalue weighted by Gasteiger charge is 2.24. The van der Waals surface area contributed by atoms with Crippen molar-refractivity contribution >= 4 is 18.3 Å². The van der Waals surface area contributed by atoms with E-state index in [9.17, 15) is 13.6 Å². The van der Waals surface area contributed by atoms with E-state index in [-0.39, 0.29) is 41.9 Å². The molecular weight excluding hydrogens is 504 g/mol. The van der Waals surface area contributed by atoms with Crippen molar-refractivity contribution in [2.75, 3.05) is 7.11 Å². The summed E-state index contributed by atoms with van der Waals surface area (Å²) in [5.74, 6) is -0.739. The van der Waals surface area contributed by atoms with Crippen molar-refractivity contribution in [1.29, 1.82) is 0 Å². The summed E-state index contributed by atoms with van der Waals surface area (Å²) in [6.45, 7) is 1.82. The monoisotopic (exact) mass is 529 g/mol. The molecule has 0 aliphatic heterocycles. The fourth-order valence-electron chi connectivity index (χ4n) is 3.51. The average molecular weight is 530 g/mol. The number of benzene rings is 3. The van der Waals surface area contributed by atoms with E-state index in [4.69, 9.17) is 19.6 Å². The number of amides is 1. The van der Waals surface area contributed by atoms with Crippen molar-refractivity contribution in [2.45, 2.75) is 26.1 Å². The average Bonchev–Trinajstić information content (AvgIpc) is 3.33. The van der Waals surface area contributed by atoms with Crippen LogP contribution in [0.25, 0.3) is 11.5 Å². The molecule has 3 N–H and O–H groups in total. The minimum atomic E-state index is -0.759. The lowest BCUT2D eigenvalue weighted by molar-refractivity contribution is 0.0943. The van der Waals surface area contributed by atoms with Gasteiger partial charge >= 0.3 is 0 Å². The number of ether oxygens (including phenoxy) is 2. The van der Waals surface area contributed by atoms with Crippen LogP contribution in [-0.2, 0) is 13.2 Å². The van der Waals surface area contributed by atoms with Crippen LogP contribution in [0.15, 0.2) is 71.1 Å². The molecule has 0 unspecified atom stereocenters. The molecule has 0 radical (unpaired) electrons. The number of nitrogens with two attached hydrogens (primary N) is 1. The number of hydrogen-bond acceptors (Lipinski definition) is 6. The zero-order valence-electron chi connectivity index (χ0n) is 20.2. The quantitative estimate of drug-likeness (QED) is 0.294. The number of oxazole rings is 1. The van der Waals surface area contributed by atoms with Gasteiger partial charge in [-0.15, -0.1) is 12.4 Å². The number of halogens is 3. The third kappa shape index (κ3) is 6.63. The Labute approximate surface area is 219 Å². The summed E-state index contributed by atoms with van der Waals surface area (Å²) in [5.41, 5.74) is 7.66. The van der Waals surface area contributed by atoms with Gasteiger partial charge in [-0.2, -0.15) is 0 Å². The third-order valence-corrected chi connectivity index (χ3v) is 5.38. The predicted molar refractivity (Wildman–Crippen MR) is 137 cm³/mol. The molecule has 0 fully saturated rings. The minimum Gasteiger partial charge on any atom is -0.493 e. The minimum absolute atomic E-state index is 0. The molecule has 0 saturated carbocycles. The zero-order chi connectivity index (χ0) is 25.7. The molecule has 0 saturated heterocycles. The summed E-state index contributed by atoms with van der Waals surface area (Å²) < 4.78 is 44.3. The topological polar surface area (TPSA) is 99.6 Å². The maximum Gasteiger partial charge on any atom is 0.273 e. The molecule has 4 aromatic rings. The summed E-state index contributed by atoms with van der Waals surface area (Å²) in [5, 5.41) is 2.58. The Morgan fingerprint density at radius 2 is 1.84 bits per heavy atom. The maximum absolute atomic E-state index is 13.9. The van der Waals surface area contributed by atoms with Gasteiger partial charge in [0.05, 0.1) is 13.2 Å². The number of aromatic nitrogens is 1. The molecule has 194 valence electrons. The number of hydrogen-bond donors (Lipinski definition) is 2. The van der Waals surface area contributed by atoms with Gasteiger partial charge in [0.15, 0.2) is 23.0 Å². The number of carbonyl (C=O) groups is 1. The SMILES string of the molecule is COc1ccc(-c2nc(C(=O)NCc3ccc(F)cc3F)c([C@H](C)N)o2)cc1OCc1ccccc1.Cl. The van der Waals surface area contributed by atoms with Crippen molar-refractivity contribution < 1.29 is 27.5 Å². The molecule has 0 aliphatic rings. The van der Waals surface area contributed by atoms with Crippen molar-refractivity contribution in [2.24, 2.45) is 5.73 Å². The molecule has 0 aliphatic carbocycles. The number of carbonyl (C=O) groups excluding carboxylic acids is 1. The standard InChI is InChI=1S/C27H25F2N3O4.ClH/c1-16(30)25-24(26(33)31-14-19-8-10-20(28)13-21(19)29)32-27(36-25)18-9-11-22(34-2)23(12-18)35-15-17-6-4-3-5-7-17;/h3-13,16H,14-15,30H2,1-2H3,(H,31,33);1H/t16-;/m0./s1. The molecule has 37 heavy (non-hydrogen) atoms. The molecule has 4 rings (SSSR count). The first-order chi connectivity index (χ1) is 17.4. The van der Waals surface area contributed by atoms with Crippen LogP contribution in [0.3, 0.4) is 0 Å². The van der Waals surface area contributed by atoms with Crippen LogP contribution in [0.2, 0.25) is 0 Å². The predicted octanol–water partition coefficient (Wildman–Crippen LogP) is 5.58. The molecule has 7 nitrogen and oxygen atoms in total. The second kappa shape index (κ2) is 12.3. The van der Waals surface area contributed by atoms with Gasteiger partial charge in [0.1, 0.15) is 18.2 Å². The van der Waals surface area contributed by atoms with Crippen LogP contribution >= 0.6 is 12.4 Å². The Morgan fingerprint density at radius 1 is 1.08 bits per heavy atom. The van der Waals surface area contributed by atoms with Gasteiger partial charge in [-0.25, -0.2) is 13.8 Å². The van der Waals surface area contributed by atoms with Gasteiger partial charge < -0.3 is 24.9 Å². The molecule has 1 atom stereocenters. The third-order valence-electron chi connectivity index (χ3n) is 5.38. The Hall–Kier alpha value is -3.95. The van der Waals surface area contributed by atoms with E-state index in [0.29, 0.717) is 23.7 Å². The first-order valence-electron chi connectivity index (χ1n) is 11.2. The van der Waals surface area contributed by atoms with Crippen LogP contribution in [-0.4, -0.2) is 18.0 Å². The Balaban J connectivity index is 0.00000380. The molecule has 1 aromatic heterocycles. The van der Waals surface area contributed by atoms with Gasteiger partial charge in [0.25, 0.3) is 5.91 Å². The van der Waals surface area contributed by atoms with Crippen LogP contribution in [0.4, 0.5) is 8.78 Å². The van der Waals surface area contributed by atoms with Gasteiger partial charge in [-0.1, -0.05) is 36.4 Å². The van der Waals surface area contributed by atoms with Crippen LogP contribution in [0.5, 0.6) is 11.5 Å². The zero-order valence-corrected chi connectivity index (χ0v) is 21.0. The molecule has 0 bridgehead atoms. The molecule has 0 spiro atoms. The normalized spacial score (nSPS) is 11.4. The van der Waals surface area contributed by atoms with Crippen LogP contribution in [0, 0.1) is 11.6 Å². The lowest BCUT2D eigenvalue weighted by Gasteiger charge is -2.11. The molecule has 10 heteroatoms. The summed E-state index contributed by atoms with van der Waals surface area (Å²) in [4.78, 5) is 17.2. The van der Waals surface area contributed by atoms with Gasteiger partial charge in [-0.05, 0) is 36.8 Å². The Morgan fingerprint density at radius 3 is 2.51 bits per heavy atom. The van der Waals surface area contributed by atoms with E-state index in [0.717, 1.165) is 17.7 Å². The Kier molecular flexibility index (Phi) is 9.21. The van der Waals surface area contributed by atoms with Gasteiger partial charge in [0, 0.05) is 23.7 Å². The highest BCUT2D eigenvalue weighted by molar-refractivity contribution is 5.94. The van der Waals surface area contributed by atoms with Crippen molar-refractivity contribution in [3.8, 4) is 23.0 Å². The van der Waals surface area contributed by atoms with E-state index in [2.05, 4.69) is 10.3 Å². The van der Waals surface area contributed by atoms with Crippen molar-refractivity contribution in [3.63, 3.8) is 0 Å². The van der Waals surface area contributed by atoms with E-state index < -0.39 is 23.6 Å². The lowest BCUT2D eigenvalue weighted by atomic mass is 10.2. The van der Waals surface area contributed by atoms with Crippen LogP contribution in [0.1, 0.15) is 40.3 Å². The second-order valence-corrected chi connectivity index (χ2v) is 8.08. The molecule has 3 aromatic carbocycles. The fraction of sp³-hybridized carbons (Fsp3) is 0.185. The summed E-state index contributed by atoms with van der Waals surface area (Å²) in [7, 11) is 1.54. The molecule has 1 amide bonds. The van der Waals surface area contributed by atoms with E-state index in [1.54, 1.807) is 25.1 Å². The van der Waals surface area contributed by atoms with E-state index in [1.165, 1.54) is 13.2 Å². The lowest BCUT2D eigenvalue weighted by Crippen LogP contribution is -2.25. The maximum atomic E-state index is 13.9. The first-order valence-corrected chi connectivity index (χ1v) is 11.2. The Bertz CT molecular complexity index is 1360. The number of nitrogens with zero attached hydrogens (tertiary/aromatic N) is 1. The first kappa shape index (κ1) is 27.6. The highest BCUT2D eigenvalue weighted by Crippen LogP contribution is 2.34. The largest absolute Gasteiger partial charge is 0.493 e. The number of rotatable bonds is 9. The summed E-state index contributed by atoms with van der Waals surface area (Å²) >= 11 is 0. The van der Waals surface area contributed by atoms with E-state index >= 15 is 0 Å². The van der Waals surface area contributed by atoms with Gasteiger partial charge in [0.2, 0.25) is 5.89 Å². The summed E-state index contributed by atoms with van der Waals surface area (Å²) in [6, 6.07) is 17.3. The van der Waals surface area contributed by atoms with Crippen LogP contribution < -0.4 is 20.5 Å². The molecule has 1 heterocycles. The van der Waals surface area contributed by atoms with Crippen molar-refractivity contribution in [1.82, 2.24) is 10.3 Å². The smallest absolute Gasteiger partial charge is 0.273 e. The fourth-order valence-corrected chi connectivity index (χ4v) is 3.51. The second-order valence-electron chi connectivity index (χ2n) is 8.08. The number of nitrogens with one attached hydrogen (secondary N) is 1. The van der Waals surface area contributed by atoms with Gasteiger partial charge in [-0.3, -0.25) is 4.79 Å². The highest BCUT2D eigenvalue weighted by atomic mass is 35.5. The van der Waals surface area contributed by atoms with E-state index in [1.807, 2.05) is 30.3 Å². The van der Waals surface area contributed by atoms with Crippen molar-refractivity contribution in [3.05, 3.63) is 101 Å². The summed E-state index contributed by atoms with van der Waals surface area (Å²) in [6.07, 6.45) is 0.